The first kappa shape index (κ1) is 16.7. The number of hydrogen-bond donors (Lipinski definition) is 4. The molecular formula is C11H15N3O6S. The molecule has 0 bridgehead atoms. The number of ether oxygens (including phenoxy) is 1. The number of carbonyl (C=O) groups excluding carboxylic acids is 1. The molecule has 0 aliphatic carbocycles. The lowest BCUT2D eigenvalue weighted by Crippen LogP contribution is -2.34. The van der Waals surface area contributed by atoms with E-state index < -0.39 is 34.4 Å². The number of aliphatic carboxylic acids is 1. The van der Waals surface area contributed by atoms with Gasteiger partial charge in [0.2, 0.25) is 10.0 Å². The van der Waals surface area contributed by atoms with Crippen LogP contribution in [-0.2, 0) is 14.8 Å². The Morgan fingerprint density at radius 2 is 1.95 bits per heavy atom. The molecule has 0 aliphatic heterocycles. The Labute approximate surface area is 121 Å². The molecule has 5 N–H and O–H groups in total. The first-order valence-electron chi connectivity index (χ1n) is 5.77. The van der Waals surface area contributed by atoms with Crippen LogP contribution in [0.1, 0.15) is 0 Å². The Morgan fingerprint density at radius 1 is 1.29 bits per heavy atom. The molecule has 0 saturated heterocycles. The fraction of sp³-hybridized carbons (Fsp3) is 0.273. The van der Waals surface area contributed by atoms with Gasteiger partial charge in [0.05, 0.1) is 11.4 Å². The highest BCUT2D eigenvalue weighted by Gasteiger charge is 2.09. The number of urea groups is 1. The number of benzene rings is 1. The van der Waals surface area contributed by atoms with Crippen LogP contribution in [0.25, 0.3) is 0 Å². The minimum atomic E-state index is -3.65. The molecule has 0 saturated carbocycles. The molecule has 0 aliphatic rings. The van der Waals surface area contributed by atoms with E-state index in [4.69, 9.17) is 15.0 Å². The van der Waals surface area contributed by atoms with Gasteiger partial charge in [-0.2, -0.15) is 0 Å². The van der Waals surface area contributed by atoms with Crippen molar-refractivity contribution in [3.63, 3.8) is 0 Å². The fourth-order valence-corrected chi connectivity index (χ4v) is 1.70. The van der Waals surface area contributed by atoms with Gasteiger partial charge in [-0.05, 0) is 12.1 Å². The summed E-state index contributed by atoms with van der Waals surface area (Å²) in [5.74, 6) is -1.36. The maximum atomic E-state index is 11.6. The highest BCUT2D eigenvalue weighted by Crippen LogP contribution is 2.23. The van der Waals surface area contributed by atoms with E-state index in [1.807, 2.05) is 0 Å². The first-order valence-corrected chi connectivity index (χ1v) is 7.48. The Bertz CT molecular complexity index is 616. The zero-order chi connectivity index (χ0) is 15.9. The average molecular weight is 317 g/mol. The minimum absolute atomic E-state index is 0.150. The molecule has 2 amide bonds. The van der Waals surface area contributed by atoms with E-state index in [2.05, 4.69) is 10.6 Å². The highest BCUT2D eigenvalue weighted by atomic mass is 32.2. The van der Waals surface area contributed by atoms with Crippen LogP contribution in [0.5, 0.6) is 5.75 Å². The quantitative estimate of drug-likeness (QED) is 0.536. The smallest absolute Gasteiger partial charge is 0.341 e. The van der Waals surface area contributed by atoms with Crippen LogP contribution in [0, 0.1) is 0 Å². The zero-order valence-electron chi connectivity index (χ0n) is 10.9. The Balaban J connectivity index is 2.57. The van der Waals surface area contributed by atoms with Crippen LogP contribution in [-0.4, -0.2) is 44.4 Å². The third kappa shape index (κ3) is 7.13. The van der Waals surface area contributed by atoms with E-state index in [-0.39, 0.29) is 18.0 Å². The number of nitrogens with two attached hydrogens (primary N) is 1. The van der Waals surface area contributed by atoms with Crippen molar-refractivity contribution in [2.45, 2.75) is 0 Å². The van der Waals surface area contributed by atoms with Crippen molar-refractivity contribution < 1.29 is 27.9 Å². The molecule has 116 valence electrons. The number of amides is 2. The van der Waals surface area contributed by atoms with E-state index in [0.717, 1.165) is 0 Å². The topological polar surface area (TPSA) is 148 Å². The summed E-state index contributed by atoms with van der Waals surface area (Å²) in [5, 5.41) is 18.1. The molecule has 0 aromatic heterocycles. The Morgan fingerprint density at radius 3 is 2.57 bits per heavy atom. The second-order valence-electron chi connectivity index (χ2n) is 3.93. The van der Waals surface area contributed by atoms with E-state index in [1.165, 1.54) is 12.1 Å². The molecule has 1 aromatic carbocycles. The molecular weight excluding hydrogens is 302 g/mol. The molecule has 0 fully saturated rings. The van der Waals surface area contributed by atoms with Crippen molar-refractivity contribution in [1.82, 2.24) is 5.32 Å². The van der Waals surface area contributed by atoms with Gasteiger partial charge in [0.1, 0.15) is 5.75 Å². The number of primary sulfonamides is 1. The summed E-state index contributed by atoms with van der Waals surface area (Å²) in [6.07, 6.45) is 0. The summed E-state index contributed by atoms with van der Waals surface area (Å²) in [4.78, 5) is 22.0. The Hall–Kier alpha value is -2.33. The molecule has 0 atom stereocenters. The fourth-order valence-electron chi connectivity index (χ4n) is 1.31. The summed E-state index contributed by atoms with van der Waals surface area (Å²) in [7, 11) is -3.65. The van der Waals surface area contributed by atoms with Crippen molar-refractivity contribution in [3.8, 4) is 5.75 Å². The maximum Gasteiger partial charge on any atom is 0.341 e. The molecule has 21 heavy (non-hydrogen) atoms. The number of rotatable bonds is 7. The van der Waals surface area contributed by atoms with Gasteiger partial charge in [-0.25, -0.2) is 23.1 Å². The number of carbonyl (C=O) groups is 2. The minimum Gasteiger partial charge on any atom is -0.480 e. The predicted molar refractivity (Wildman–Crippen MR) is 74.6 cm³/mol. The van der Waals surface area contributed by atoms with Gasteiger partial charge in [0.15, 0.2) is 6.61 Å². The summed E-state index contributed by atoms with van der Waals surface area (Å²) in [6, 6.07) is 5.57. The summed E-state index contributed by atoms with van der Waals surface area (Å²) >= 11 is 0. The lowest BCUT2D eigenvalue weighted by Gasteiger charge is -2.11. The van der Waals surface area contributed by atoms with Gasteiger partial charge in [-0.3, -0.25) is 0 Å². The molecule has 1 aromatic rings. The van der Waals surface area contributed by atoms with E-state index in [0.29, 0.717) is 0 Å². The van der Waals surface area contributed by atoms with Gasteiger partial charge < -0.3 is 20.5 Å². The molecule has 0 heterocycles. The van der Waals surface area contributed by atoms with Crippen molar-refractivity contribution in [3.05, 3.63) is 24.3 Å². The van der Waals surface area contributed by atoms with Crippen LogP contribution >= 0.6 is 0 Å². The summed E-state index contributed by atoms with van der Waals surface area (Å²) in [5.41, 5.74) is 0.256. The number of sulfonamides is 1. The Kier molecular flexibility index (Phi) is 5.93. The maximum absolute atomic E-state index is 11.6. The van der Waals surface area contributed by atoms with E-state index in [1.54, 1.807) is 12.1 Å². The lowest BCUT2D eigenvalue weighted by atomic mass is 10.3. The van der Waals surface area contributed by atoms with Crippen molar-refractivity contribution >= 4 is 27.7 Å². The highest BCUT2D eigenvalue weighted by molar-refractivity contribution is 7.89. The molecule has 0 unspecified atom stereocenters. The third-order valence-corrected chi connectivity index (χ3v) is 2.93. The monoisotopic (exact) mass is 317 g/mol. The number of carboxylic acids is 1. The molecule has 0 spiro atoms. The van der Waals surface area contributed by atoms with Gasteiger partial charge in [0, 0.05) is 6.54 Å². The van der Waals surface area contributed by atoms with Crippen LogP contribution in [0.15, 0.2) is 24.3 Å². The van der Waals surface area contributed by atoms with Gasteiger partial charge in [-0.15, -0.1) is 0 Å². The third-order valence-electron chi connectivity index (χ3n) is 2.16. The van der Waals surface area contributed by atoms with Gasteiger partial charge in [0.25, 0.3) is 0 Å². The van der Waals surface area contributed by atoms with Crippen molar-refractivity contribution in [2.75, 3.05) is 24.2 Å². The average Bonchev–Trinajstić information content (AvgIpc) is 2.36. The summed E-state index contributed by atoms with van der Waals surface area (Å²) in [6.45, 7) is -0.700. The van der Waals surface area contributed by atoms with Crippen LogP contribution < -0.4 is 20.5 Å². The largest absolute Gasteiger partial charge is 0.480 e. The second kappa shape index (κ2) is 7.45. The molecule has 9 nitrogen and oxygen atoms in total. The second-order valence-corrected chi connectivity index (χ2v) is 5.66. The van der Waals surface area contributed by atoms with Gasteiger partial charge >= 0.3 is 12.0 Å². The number of para-hydroxylation sites is 2. The standard InChI is InChI=1S/C11H15N3O6S/c12-21(18,19)6-5-13-11(17)14-8-3-1-2-4-9(8)20-7-10(15)16/h1-4H,5-7H2,(H,15,16)(H2,12,18,19)(H2,13,14,17). The van der Waals surface area contributed by atoms with Gasteiger partial charge in [-0.1, -0.05) is 12.1 Å². The van der Waals surface area contributed by atoms with Crippen LogP contribution in [0.4, 0.5) is 10.5 Å². The SMILES string of the molecule is NS(=O)(=O)CCNC(=O)Nc1ccccc1OCC(=O)O. The molecule has 1 rings (SSSR count). The van der Waals surface area contributed by atoms with Crippen molar-refractivity contribution in [1.29, 1.82) is 0 Å². The number of nitrogens with one attached hydrogen (secondary N) is 2. The molecule has 10 heteroatoms. The van der Waals surface area contributed by atoms with Crippen LogP contribution in [0.2, 0.25) is 0 Å². The summed E-state index contributed by atoms with van der Waals surface area (Å²) < 4.78 is 26.4. The van der Waals surface area contributed by atoms with E-state index >= 15 is 0 Å². The predicted octanol–water partition coefficient (Wildman–Crippen LogP) is -0.440. The van der Waals surface area contributed by atoms with E-state index in [9.17, 15) is 18.0 Å². The lowest BCUT2D eigenvalue weighted by molar-refractivity contribution is -0.139. The number of anilines is 1. The zero-order valence-corrected chi connectivity index (χ0v) is 11.7. The van der Waals surface area contributed by atoms with Crippen molar-refractivity contribution in [2.24, 2.45) is 5.14 Å². The number of hydrogen-bond acceptors (Lipinski definition) is 5. The normalized spacial score (nSPS) is 10.7. The first-order chi connectivity index (χ1) is 9.78. The molecule has 0 radical (unpaired) electrons. The number of carboxylic acid groups (broad SMARTS) is 1. The van der Waals surface area contributed by atoms with Crippen LogP contribution in [0.3, 0.4) is 0 Å².